The summed E-state index contributed by atoms with van der Waals surface area (Å²) < 4.78 is 4.88. The van der Waals surface area contributed by atoms with Gasteiger partial charge in [-0.1, -0.05) is 6.08 Å². The molecule has 1 aliphatic heterocycles. The SMILES string of the molecule is O=C(O)[C@]1(O)C=C[C@H]2O[C@H]2[C@H]1O. The van der Waals surface area contributed by atoms with E-state index in [1.54, 1.807) is 0 Å². The molecule has 0 aromatic rings. The van der Waals surface area contributed by atoms with Gasteiger partial charge < -0.3 is 20.1 Å². The maximum Gasteiger partial charge on any atom is 0.342 e. The minimum atomic E-state index is -2.18. The van der Waals surface area contributed by atoms with Crippen LogP contribution < -0.4 is 0 Å². The standard InChI is InChI=1S/C7H8O5/c8-5-4-3(12-4)1-2-7(5,11)6(9)10/h1-5,8,11H,(H,9,10)/t3-,4-,5-,7+/m1/s1. The minimum Gasteiger partial charge on any atom is -0.479 e. The number of aliphatic carboxylic acids is 1. The zero-order valence-electron chi connectivity index (χ0n) is 6.04. The van der Waals surface area contributed by atoms with Gasteiger partial charge in [0, 0.05) is 0 Å². The van der Waals surface area contributed by atoms with Crippen LogP contribution in [-0.2, 0) is 9.53 Å². The second-order valence-corrected chi connectivity index (χ2v) is 3.00. The summed E-state index contributed by atoms with van der Waals surface area (Å²) in [4.78, 5) is 10.5. The van der Waals surface area contributed by atoms with Gasteiger partial charge in [-0.05, 0) is 6.08 Å². The Morgan fingerprint density at radius 1 is 1.58 bits per heavy atom. The average molecular weight is 172 g/mol. The molecule has 1 aliphatic carbocycles. The van der Waals surface area contributed by atoms with E-state index in [9.17, 15) is 15.0 Å². The van der Waals surface area contributed by atoms with Crippen molar-refractivity contribution in [2.75, 3.05) is 0 Å². The van der Waals surface area contributed by atoms with E-state index in [0.717, 1.165) is 6.08 Å². The Hall–Kier alpha value is -0.910. The second-order valence-electron chi connectivity index (χ2n) is 3.00. The lowest BCUT2D eigenvalue weighted by Crippen LogP contribution is -2.52. The van der Waals surface area contributed by atoms with Gasteiger partial charge in [-0.15, -0.1) is 0 Å². The topological polar surface area (TPSA) is 90.3 Å². The van der Waals surface area contributed by atoms with Gasteiger partial charge in [0.25, 0.3) is 0 Å². The molecule has 3 N–H and O–H groups in total. The fourth-order valence-corrected chi connectivity index (χ4v) is 1.33. The van der Waals surface area contributed by atoms with E-state index >= 15 is 0 Å². The van der Waals surface area contributed by atoms with E-state index in [1.165, 1.54) is 6.08 Å². The van der Waals surface area contributed by atoms with Crippen molar-refractivity contribution in [1.82, 2.24) is 0 Å². The Morgan fingerprint density at radius 2 is 2.25 bits per heavy atom. The van der Waals surface area contributed by atoms with Gasteiger partial charge in [-0.3, -0.25) is 0 Å². The van der Waals surface area contributed by atoms with Crippen LogP contribution in [0.25, 0.3) is 0 Å². The molecule has 0 aromatic carbocycles. The van der Waals surface area contributed by atoms with Crippen LogP contribution >= 0.6 is 0 Å². The molecule has 5 heteroatoms. The molecule has 0 radical (unpaired) electrons. The van der Waals surface area contributed by atoms with E-state index in [1.807, 2.05) is 0 Å². The predicted molar refractivity (Wildman–Crippen MR) is 36.4 cm³/mol. The molecular formula is C7H8O5. The monoisotopic (exact) mass is 172 g/mol. The van der Waals surface area contributed by atoms with Crippen LogP contribution in [0.2, 0.25) is 0 Å². The third-order valence-corrected chi connectivity index (χ3v) is 2.21. The van der Waals surface area contributed by atoms with Crippen molar-refractivity contribution >= 4 is 5.97 Å². The zero-order valence-corrected chi connectivity index (χ0v) is 6.04. The summed E-state index contributed by atoms with van der Waals surface area (Å²) in [6, 6.07) is 0. The molecule has 0 bridgehead atoms. The molecular weight excluding hydrogens is 164 g/mol. The zero-order chi connectivity index (χ0) is 8.93. The summed E-state index contributed by atoms with van der Waals surface area (Å²) in [7, 11) is 0. The maximum atomic E-state index is 10.5. The third kappa shape index (κ3) is 0.811. The highest BCUT2D eigenvalue weighted by molar-refractivity contribution is 5.81. The van der Waals surface area contributed by atoms with Gasteiger partial charge in [-0.25, -0.2) is 4.79 Å². The Morgan fingerprint density at radius 3 is 2.83 bits per heavy atom. The van der Waals surface area contributed by atoms with Crippen molar-refractivity contribution in [3.05, 3.63) is 12.2 Å². The molecule has 1 heterocycles. The molecule has 4 atom stereocenters. The Bertz CT molecular complexity index is 261. The number of carboxylic acid groups (broad SMARTS) is 1. The predicted octanol–water partition coefficient (Wildman–Crippen LogP) is -1.50. The number of carbonyl (C=O) groups is 1. The van der Waals surface area contributed by atoms with E-state index in [-0.39, 0.29) is 6.10 Å². The van der Waals surface area contributed by atoms with Crippen molar-refractivity contribution in [3.63, 3.8) is 0 Å². The first-order valence-corrected chi connectivity index (χ1v) is 3.54. The van der Waals surface area contributed by atoms with Crippen LogP contribution in [-0.4, -0.2) is 45.2 Å². The summed E-state index contributed by atoms with van der Waals surface area (Å²) in [5, 5.41) is 27.3. The number of hydrogen-bond acceptors (Lipinski definition) is 4. The van der Waals surface area contributed by atoms with Crippen molar-refractivity contribution in [2.24, 2.45) is 0 Å². The summed E-state index contributed by atoms with van der Waals surface area (Å²) >= 11 is 0. The molecule has 0 aromatic heterocycles. The summed E-state index contributed by atoms with van der Waals surface area (Å²) in [6.07, 6.45) is 0.361. The molecule has 2 aliphatic rings. The fraction of sp³-hybridized carbons (Fsp3) is 0.571. The first kappa shape index (κ1) is 7.72. The van der Waals surface area contributed by atoms with Gasteiger partial charge in [-0.2, -0.15) is 0 Å². The molecule has 1 fully saturated rings. The Labute approximate surface area is 67.9 Å². The summed E-state index contributed by atoms with van der Waals surface area (Å²) in [6.45, 7) is 0. The third-order valence-electron chi connectivity index (χ3n) is 2.21. The maximum absolute atomic E-state index is 10.5. The van der Waals surface area contributed by atoms with E-state index in [4.69, 9.17) is 9.84 Å². The van der Waals surface area contributed by atoms with E-state index in [2.05, 4.69) is 0 Å². The number of aliphatic hydroxyl groups excluding tert-OH is 1. The molecule has 0 unspecified atom stereocenters. The number of fused-ring (bicyclic) bond motifs is 1. The lowest BCUT2D eigenvalue weighted by Gasteiger charge is -2.26. The molecule has 5 nitrogen and oxygen atoms in total. The van der Waals surface area contributed by atoms with Crippen LogP contribution in [0.4, 0.5) is 0 Å². The normalized spacial score (nSPS) is 50.0. The van der Waals surface area contributed by atoms with Crippen LogP contribution in [0.1, 0.15) is 0 Å². The van der Waals surface area contributed by atoms with Gasteiger partial charge in [0.15, 0.2) is 0 Å². The number of aliphatic hydroxyl groups is 2. The van der Waals surface area contributed by atoms with Gasteiger partial charge >= 0.3 is 5.97 Å². The summed E-state index contributed by atoms with van der Waals surface area (Å²) in [5.41, 5.74) is -2.18. The first-order valence-electron chi connectivity index (χ1n) is 3.54. The van der Waals surface area contributed by atoms with Crippen LogP contribution in [0, 0.1) is 0 Å². The van der Waals surface area contributed by atoms with Crippen LogP contribution in [0.3, 0.4) is 0 Å². The second kappa shape index (κ2) is 2.07. The number of epoxide rings is 1. The molecule has 66 valence electrons. The summed E-state index contributed by atoms with van der Waals surface area (Å²) in [5.74, 6) is -1.46. The molecule has 2 rings (SSSR count). The smallest absolute Gasteiger partial charge is 0.342 e. The Balaban J connectivity index is 2.31. The van der Waals surface area contributed by atoms with Gasteiger partial charge in [0.2, 0.25) is 5.60 Å². The highest BCUT2D eigenvalue weighted by atomic mass is 16.6. The highest BCUT2D eigenvalue weighted by Gasteiger charge is 2.57. The number of hydrogen-bond donors (Lipinski definition) is 3. The lowest BCUT2D eigenvalue weighted by atomic mass is 9.88. The van der Waals surface area contributed by atoms with E-state index in [0.29, 0.717) is 0 Å². The molecule has 0 amide bonds. The molecule has 0 spiro atoms. The van der Waals surface area contributed by atoms with Crippen molar-refractivity contribution < 1.29 is 24.9 Å². The lowest BCUT2D eigenvalue weighted by molar-refractivity contribution is -0.165. The van der Waals surface area contributed by atoms with Crippen LogP contribution in [0.5, 0.6) is 0 Å². The first-order chi connectivity index (χ1) is 5.55. The fourth-order valence-electron chi connectivity index (χ4n) is 1.33. The molecule has 1 saturated heterocycles. The largest absolute Gasteiger partial charge is 0.479 e. The van der Waals surface area contributed by atoms with Gasteiger partial charge in [0.1, 0.15) is 18.3 Å². The average Bonchev–Trinajstić information content (AvgIpc) is 2.76. The van der Waals surface area contributed by atoms with E-state index < -0.39 is 23.8 Å². The van der Waals surface area contributed by atoms with Crippen LogP contribution in [0.15, 0.2) is 12.2 Å². The molecule has 12 heavy (non-hydrogen) atoms. The van der Waals surface area contributed by atoms with Crippen molar-refractivity contribution in [2.45, 2.75) is 23.9 Å². The quantitative estimate of drug-likeness (QED) is 0.331. The number of rotatable bonds is 1. The van der Waals surface area contributed by atoms with Gasteiger partial charge in [0.05, 0.1) is 0 Å². The van der Waals surface area contributed by atoms with Crippen molar-refractivity contribution in [1.29, 1.82) is 0 Å². The minimum absolute atomic E-state index is 0.223. The highest BCUT2D eigenvalue weighted by Crippen LogP contribution is 2.37. The van der Waals surface area contributed by atoms with Crippen molar-refractivity contribution in [3.8, 4) is 0 Å². The Kier molecular flexibility index (Phi) is 1.33. The number of ether oxygens (including phenoxy) is 1. The number of carboxylic acids is 1. The molecule has 0 saturated carbocycles.